The van der Waals surface area contributed by atoms with Gasteiger partial charge in [-0.2, -0.15) is 0 Å². The number of amides is 1. The first-order chi connectivity index (χ1) is 9.94. The summed E-state index contributed by atoms with van der Waals surface area (Å²) in [5, 5.41) is 0.936. The van der Waals surface area contributed by atoms with E-state index < -0.39 is 21.7 Å². The molecule has 0 spiro atoms. The molecule has 1 N–H and O–H groups in total. The number of benzene rings is 1. The molecule has 1 fully saturated rings. The van der Waals surface area contributed by atoms with Gasteiger partial charge in [0.15, 0.2) is 0 Å². The molecule has 114 valence electrons. The van der Waals surface area contributed by atoms with Crippen molar-refractivity contribution in [1.82, 2.24) is 9.84 Å². The normalized spacial score (nSPS) is 14.7. The predicted octanol–water partition coefficient (Wildman–Crippen LogP) is 1.10. The van der Waals surface area contributed by atoms with Crippen molar-refractivity contribution in [3.63, 3.8) is 0 Å². The van der Waals surface area contributed by atoms with Crippen LogP contribution in [0.2, 0.25) is 0 Å². The highest BCUT2D eigenvalue weighted by molar-refractivity contribution is 7.89. The van der Waals surface area contributed by atoms with Crippen LogP contribution in [0.15, 0.2) is 35.2 Å². The van der Waals surface area contributed by atoms with Crippen molar-refractivity contribution in [3.05, 3.63) is 30.3 Å². The van der Waals surface area contributed by atoms with Crippen LogP contribution in [0.5, 0.6) is 0 Å². The third kappa shape index (κ3) is 4.12. The number of rotatable bonds is 7. The van der Waals surface area contributed by atoms with Crippen LogP contribution in [0.1, 0.15) is 26.2 Å². The Bertz CT molecular complexity index is 624. The summed E-state index contributed by atoms with van der Waals surface area (Å²) in [7, 11) is -3.86. The van der Waals surface area contributed by atoms with Gasteiger partial charge in [0.1, 0.15) is 0 Å². The average molecular weight is 310 g/mol. The van der Waals surface area contributed by atoms with E-state index in [1.165, 1.54) is 12.1 Å². The molecule has 0 saturated heterocycles. The van der Waals surface area contributed by atoms with Gasteiger partial charge in [0.25, 0.3) is 10.0 Å². The molecule has 7 heteroatoms. The minimum Gasteiger partial charge on any atom is -0.289 e. The molecule has 1 aliphatic rings. The predicted molar refractivity (Wildman–Crippen MR) is 76.5 cm³/mol. The van der Waals surface area contributed by atoms with E-state index in [1.807, 2.05) is 0 Å². The Balaban J connectivity index is 2.18. The largest absolute Gasteiger partial charge is 0.304 e. The molecule has 0 heterocycles. The van der Waals surface area contributed by atoms with Gasteiger partial charge in [-0.05, 0) is 30.9 Å². The summed E-state index contributed by atoms with van der Waals surface area (Å²) in [6, 6.07) is 7.76. The van der Waals surface area contributed by atoms with E-state index in [2.05, 4.69) is 4.83 Å². The van der Waals surface area contributed by atoms with Gasteiger partial charge in [-0.15, -0.1) is 4.83 Å². The third-order valence-electron chi connectivity index (χ3n) is 3.23. The quantitative estimate of drug-likeness (QED) is 0.604. The maximum absolute atomic E-state index is 12.2. The monoisotopic (exact) mass is 310 g/mol. The van der Waals surface area contributed by atoms with E-state index >= 15 is 0 Å². The molecule has 1 saturated carbocycles. The Hall–Kier alpha value is -1.73. The van der Waals surface area contributed by atoms with Crippen molar-refractivity contribution < 1.29 is 18.0 Å². The van der Waals surface area contributed by atoms with E-state index in [0.29, 0.717) is 0 Å². The van der Waals surface area contributed by atoms with Gasteiger partial charge in [-0.3, -0.25) is 14.6 Å². The zero-order chi connectivity index (χ0) is 15.5. The highest BCUT2D eigenvalue weighted by atomic mass is 32.2. The van der Waals surface area contributed by atoms with E-state index in [-0.39, 0.29) is 23.8 Å². The SMILES string of the molecule is CCC(=O)C(=O)N(CC1CC1)NS(=O)(=O)c1ccccc1. The summed E-state index contributed by atoms with van der Waals surface area (Å²) < 4.78 is 24.5. The Kier molecular flexibility index (Phi) is 4.74. The molecule has 0 radical (unpaired) electrons. The summed E-state index contributed by atoms with van der Waals surface area (Å²) >= 11 is 0. The summed E-state index contributed by atoms with van der Waals surface area (Å²) in [5.74, 6) is -1.15. The fraction of sp³-hybridized carbons (Fsp3) is 0.429. The number of sulfonamides is 1. The molecule has 0 unspecified atom stereocenters. The molecule has 0 aliphatic heterocycles. The van der Waals surface area contributed by atoms with Gasteiger partial charge < -0.3 is 0 Å². The lowest BCUT2D eigenvalue weighted by molar-refractivity contribution is -0.145. The highest BCUT2D eigenvalue weighted by Gasteiger charge is 2.31. The molecule has 1 aromatic carbocycles. The Morgan fingerprint density at radius 2 is 1.86 bits per heavy atom. The van der Waals surface area contributed by atoms with Crippen molar-refractivity contribution in [2.24, 2.45) is 5.92 Å². The van der Waals surface area contributed by atoms with Gasteiger partial charge in [0.2, 0.25) is 5.78 Å². The second-order valence-corrected chi connectivity index (χ2v) is 6.70. The van der Waals surface area contributed by atoms with Crippen LogP contribution in [0.4, 0.5) is 0 Å². The molecule has 6 nitrogen and oxygen atoms in total. The van der Waals surface area contributed by atoms with Gasteiger partial charge in [0, 0.05) is 13.0 Å². The zero-order valence-electron chi connectivity index (χ0n) is 11.8. The summed E-state index contributed by atoms with van der Waals surface area (Å²) in [6.07, 6.45) is 1.93. The van der Waals surface area contributed by atoms with E-state index in [0.717, 1.165) is 17.9 Å². The van der Waals surface area contributed by atoms with Crippen LogP contribution in [0.25, 0.3) is 0 Å². The first-order valence-electron chi connectivity index (χ1n) is 6.86. The average Bonchev–Trinajstić information content (AvgIpc) is 3.29. The van der Waals surface area contributed by atoms with Crippen LogP contribution in [-0.2, 0) is 19.6 Å². The third-order valence-corrected chi connectivity index (χ3v) is 4.58. The maximum atomic E-state index is 12.2. The van der Waals surface area contributed by atoms with Crippen molar-refractivity contribution in [2.75, 3.05) is 6.54 Å². The smallest absolute Gasteiger partial charge is 0.289 e. The molecule has 0 bridgehead atoms. The number of Topliss-reactive ketones (excluding diaryl/α,β-unsaturated/α-hetero) is 1. The van der Waals surface area contributed by atoms with Crippen molar-refractivity contribution >= 4 is 21.7 Å². The van der Waals surface area contributed by atoms with Gasteiger partial charge in [0.05, 0.1) is 4.90 Å². The zero-order valence-corrected chi connectivity index (χ0v) is 12.6. The number of hydrogen-bond acceptors (Lipinski definition) is 4. The van der Waals surface area contributed by atoms with Crippen LogP contribution in [0, 0.1) is 5.92 Å². The van der Waals surface area contributed by atoms with Gasteiger partial charge in [-0.25, -0.2) is 8.42 Å². The fourth-order valence-electron chi connectivity index (χ4n) is 1.82. The molecule has 2 rings (SSSR count). The lowest BCUT2D eigenvalue weighted by Gasteiger charge is -2.22. The molecular weight excluding hydrogens is 292 g/mol. The maximum Gasteiger partial charge on any atom is 0.304 e. The second kappa shape index (κ2) is 6.36. The summed E-state index contributed by atoms with van der Waals surface area (Å²) in [5.41, 5.74) is 0. The number of nitrogens with zero attached hydrogens (tertiary/aromatic N) is 1. The Morgan fingerprint density at radius 3 is 2.38 bits per heavy atom. The second-order valence-electron chi connectivity index (χ2n) is 5.04. The lowest BCUT2D eigenvalue weighted by Crippen LogP contribution is -2.49. The van der Waals surface area contributed by atoms with E-state index in [1.54, 1.807) is 25.1 Å². The molecule has 1 amide bonds. The van der Waals surface area contributed by atoms with Crippen molar-refractivity contribution in [3.8, 4) is 0 Å². The first kappa shape index (κ1) is 15.7. The standard InChI is InChI=1S/C14H18N2O4S/c1-2-13(17)14(18)16(10-11-8-9-11)15-21(19,20)12-6-4-3-5-7-12/h3-7,11,15H,2,8-10H2,1H3. The van der Waals surface area contributed by atoms with Crippen molar-refractivity contribution in [1.29, 1.82) is 0 Å². The van der Waals surface area contributed by atoms with Crippen LogP contribution >= 0.6 is 0 Å². The van der Waals surface area contributed by atoms with E-state index in [9.17, 15) is 18.0 Å². The number of hydrazine groups is 1. The number of hydrogen-bond donors (Lipinski definition) is 1. The van der Waals surface area contributed by atoms with Crippen LogP contribution in [-0.4, -0.2) is 31.7 Å². The fourth-order valence-corrected chi connectivity index (χ4v) is 2.89. The van der Waals surface area contributed by atoms with Gasteiger partial charge >= 0.3 is 5.91 Å². The minimum absolute atomic E-state index is 0.0487. The Labute approximate surface area is 124 Å². The molecular formula is C14H18N2O4S. The molecule has 1 aliphatic carbocycles. The summed E-state index contributed by atoms with van der Waals surface area (Å²) in [4.78, 5) is 25.8. The topological polar surface area (TPSA) is 83.6 Å². The number of nitrogens with one attached hydrogen (secondary N) is 1. The molecule has 1 aromatic rings. The lowest BCUT2D eigenvalue weighted by atomic mass is 10.3. The van der Waals surface area contributed by atoms with E-state index in [4.69, 9.17) is 0 Å². The Morgan fingerprint density at radius 1 is 1.24 bits per heavy atom. The molecule has 0 atom stereocenters. The number of carbonyl (C=O) groups is 2. The van der Waals surface area contributed by atoms with Crippen LogP contribution < -0.4 is 4.83 Å². The highest BCUT2D eigenvalue weighted by Crippen LogP contribution is 2.29. The van der Waals surface area contributed by atoms with Gasteiger partial charge in [-0.1, -0.05) is 25.1 Å². The summed E-state index contributed by atoms with van der Waals surface area (Å²) in [6.45, 7) is 1.80. The van der Waals surface area contributed by atoms with Crippen LogP contribution in [0.3, 0.4) is 0 Å². The number of carbonyl (C=O) groups excluding carboxylic acids is 2. The first-order valence-corrected chi connectivity index (χ1v) is 8.34. The minimum atomic E-state index is -3.86. The molecule has 21 heavy (non-hydrogen) atoms. The number of ketones is 1. The van der Waals surface area contributed by atoms with Crippen molar-refractivity contribution in [2.45, 2.75) is 31.1 Å². The molecule has 0 aromatic heterocycles.